The van der Waals surface area contributed by atoms with E-state index in [0.717, 1.165) is 43.1 Å². The van der Waals surface area contributed by atoms with Crippen molar-refractivity contribution >= 4 is 23.4 Å². The summed E-state index contributed by atoms with van der Waals surface area (Å²) in [4.78, 5) is 51.1. The maximum atomic E-state index is 12.9. The molecule has 142 valence electrons. The highest BCUT2D eigenvalue weighted by Gasteiger charge is 2.41. The Morgan fingerprint density at radius 1 is 1.07 bits per heavy atom. The lowest BCUT2D eigenvalue weighted by Gasteiger charge is -2.44. The van der Waals surface area contributed by atoms with Crippen LogP contribution in [0, 0.1) is 16.0 Å². The number of carbonyl (C=O) groups excluding carboxylic acids is 3. The molecule has 0 spiro atoms. The van der Waals surface area contributed by atoms with E-state index in [2.05, 4.69) is 0 Å². The Balaban J connectivity index is 1.52. The zero-order valence-electron chi connectivity index (χ0n) is 14.9. The highest BCUT2D eigenvalue weighted by atomic mass is 16.6. The summed E-state index contributed by atoms with van der Waals surface area (Å²) in [6.45, 7) is 0.359. The second-order valence-electron chi connectivity index (χ2n) is 7.52. The number of non-ortho nitro benzene ring substituents is 1. The molecule has 3 aliphatic rings. The Labute approximate surface area is 156 Å². The number of benzene rings is 1. The van der Waals surface area contributed by atoms with Gasteiger partial charge in [-0.1, -0.05) is 12.8 Å². The van der Waals surface area contributed by atoms with Gasteiger partial charge in [0.2, 0.25) is 5.91 Å². The molecule has 1 aliphatic carbocycles. The van der Waals surface area contributed by atoms with Crippen LogP contribution in [-0.2, 0) is 4.79 Å². The molecule has 2 aliphatic heterocycles. The molecule has 2 fully saturated rings. The molecule has 0 bridgehead atoms. The molecule has 2 heterocycles. The van der Waals surface area contributed by atoms with Crippen LogP contribution in [0.1, 0.15) is 59.2 Å². The molecule has 1 aromatic rings. The van der Waals surface area contributed by atoms with Gasteiger partial charge in [-0.15, -0.1) is 0 Å². The Bertz CT molecular complexity index is 835. The first-order valence-corrected chi connectivity index (χ1v) is 9.41. The summed E-state index contributed by atoms with van der Waals surface area (Å²) in [6.07, 6.45) is 6.48. The van der Waals surface area contributed by atoms with Gasteiger partial charge in [-0.2, -0.15) is 0 Å². The number of piperidine rings is 1. The molecule has 1 aromatic carbocycles. The number of nitro groups is 1. The number of rotatable bonds is 3. The monoisotopic (exact) mass is 371 g/mol. The summed E-state index contributed by atoms with van der Waals surface area (Å²) in [7, 11) is 0. The van der Waals surface area contributed by atoms with E-state index in [1.54, 1.807) is 0 Å². The van der Waals surface area contributed by atoms with Crippen LogP contribution in [0.15, 0.2) is 18.2 Å². The normalized spacial score (nSPS) is 24.6. The predicted octanol–water partition coefficient (Wildman–Crippen LogP) is 2.37. The average Bonchev–Trinajstić information content (AvgIpc) is 2.91. The van der Waals surface area contributed by atoms with Crippen molar-refractivity contribution in [2.75, 3.05) is 13.1 Å². The minimum Gasteiger partial charge on any atom is -0.338 e. The highest BCUT2D eigenvalue weighted by Crippen LogP contribution is 2.35. The van der Waals surface area contributed by atoms with Crippen molar-refractivity contribution in [2.45, 2.75) is 44.6 Å². The van der Waals surface area contributed by atoms with Gasteiger partial charge in [0.1, 0.15) is 6.54 Å². The zero-order chi connectivity index (χ0) is 19.1. The van der Waals surface area contributed by atoms with Gasteiger partial charge in [-0.25, -0.2) is 0 Å². The topological polar surface area (TPSA) is 101 Å². The third kappa shape index (κ3) is 2.98. The number of fused-ring (bicyclic) bond motifs is 2. The van der Waals surface area contributed by atoms with Crippen molar-refractivity contribution in [2.24, 2.45) is 5.92 Å². The van der Waals surface area contributed by atoms with Crippen LogP contribution >= 0.6 is 0 Å². The summed E-state index contributed by atoms with van der Waals surface area (Å²) < 4.78 is 0. The van der Waals surface area contributed by atoms with Crippen molar-refractivity contribution in [3.63, 3.8) is 0 Å². The maximum Gasteiger partial charge on any atom is 0.270 e. The Hall–Kier alpha value is -2.77. The van der Waals surface area contributed by atoms with E-state index in [4.69, 9.17) is 0 Å². The van der Waals surface area contributed by atoms with Crippen molar-refractivity contribution < 1.29 is 19.3 Å². The molecule has 0 N–H and O–H groups in total. The van der Waals surface area contributed by atoms with Crippen LogP contribution in [-0.4, -0.2) is 51.6 Å². The van der Waals surface area contributed by atoms with Crippen LogP contribution in [0.2, 0.25) is 0 Å². The smallest absolute Gasteiger partial charge is 0.270 e. The summed E-state index contributed by atoms with van der Waals surface area (Å²) >= 11 is 0. The standard InChI is InChI=1S/C19H21N3O5/c23-17(20-9-3-5-12-4-1-2-6-16(12)20)11-21-18(24)14-8-7-13(22(26)27)10-15(14)19(21)25/h7-8,10,12,16H,1-6,9,11H2/t12-,16+/m0/s1. The molecule has 27 heavy (non-hydrogen) atoms. The minimum atomic E-state index is -0.635. The number of hydrogen-bond acceptors (Lipinski definition) is 5. The molecule has 1 saturated carbocycles. The molecular formula is C19H21N3O5. The van der Waals surface area contributed by atoms with E-state index in [-0.39, 0.29) is 35.3 Å². The Morgan fingerprint density at radius 3 is 2.56 bits per heavy atom. The fourth-order valence-corrected chi connectivity index (χ4v) is 4.70. The number of nitrogens with zero attached hydrogens (tertiary/aromatic N) is 3. The molecular weight excluding hydrogens is 350 g/mol. The molecule has 0 unspecified atom stereocenters. The SMILES string of the molecule is O=C1c2ccc([N+](=O)[O-])cc2C(=O)N1CC(=O)N1CCC[C@@H]2CCCC[C@H]21. The van der Waals surface area contributed by atoms with Gasteiger partial charge in [-0.05, 0) is 37.7 Å². The quantitative estimate of drug-likeness (QED) is 0.461. The summed E-state index contributed by atoms with van der Waals surface area (Å²) in [5.41, 5.74) is -0.132. The fourth-order valence-electron chi connectivity index (χ4n) is 4.70. The lowest BCUT2D eigenvalue weighted by molar-refractivity contribution is -0.384. The van der Waals surface area contributed by atoms with E-state index in [0.29, 0.717) is 12.5 Å². The summed E-state index contributed by atoms with van der Waals surface area (Å²) in [5.74, 6) is -0.892. The first kappa shape index (κ1) is 17.6. The van der Waals surface area contributed by atoms with Crippen LogP contribution in [0.5, 0.6) is 0 Å². The van der Waals surface area contributed by atoms with Crippen molar-refractivity contribution in [3.05, 3.63) is 39.4 Å². The molecule has 2 atom stereocenters. The largest absolute Gasteiger partial charge is 0.338 e. The molecule has 3 amide bonds. The third-order valence-corrected chi connectivity index (χ3v) is 6.02. The van der Waals surface area contributed by atoms with Crippen LogP contribution in [0.4, 0.5) is 5.69 Å². The van der Waals surface area contributed by atoms with Gasteiger partial charge < -0.3 is 4.90 Å². The zero-order valence-corrected chi connectivity index (χ0v) is 14.9. The minimum absolute atomic E-state index is 0.00353. The van der Waals surface area contributed by atoms with E-state index in [1.807, 2.05) is 4.90 Å². The lowest BCUT2D eigenvalue weighted by Crippen LogP contribution is -2.53. The Morgan fingerprint density at radius 2 is 1.78 bits per heavy atom. The van der Waals surface area contributed by atoms with Crippen LogP contribution in [0.3, 0.4) is 0 Å². The molecule has 4 rings (SSSR count). The molecule has 0 radical (unpaired) electrons. The fraction of sp³-hybridized carbons (Fsp3) is 0.526. The highest BCUT2D eigenvalue weighted by molar-refractivity contribution is 6.22. The number of nitro benzene ring substituents is 1. The molecule has 0 aromatic heterocycles. The van der Waals surface area contributed by atoms with Gasteiger partial charge in [0.25, 0.3) is 17.5 Å². The van der Waals surface area contributed by atoms with Crippen molar-refractivity contribution in [1.82, 2.24) is 9.80 Å². The number of imide groups is 1. The summed E-state index contributed by atoms with van der Waals surface area (Å²) in [6, 6.07) is 3.80. The number of hydrogen-bond donors (Lipinski definition) is 0. The number of amides is 3. The van der Waals surface area contributed by atoms with Crippen molar-refractivity contribution in [3.8, 4) is 0 Å². The Kier molecular flexibility index (Phi) is 4.41. The maximum absolute atomic E-state index is 12.9. The van der Waals surface area contributed by atoms with Gasteiger partial charge in [0.05, 0.1) is 16.1 Å². The molecule has 8 nitrogen and oxygen atoms in total. The summed E-state index contributed by atoms with van der Waals surface area (Å²) in [5, 5.41) is 10.9. The van der Waals surface area contributed by atoms with Gasteiger partial charge in [0, 0.05) is 24.7 Å². The van der Waals surface area contributed by atoms with Gasteiger partial charge in [0.15, 0.2) is 0 Å². The third-order valence-electron chi connectivity index (χ3n) is 6.02. The van der Waals surface area contributed by atoms with Gasteiger partial charge >= 0.3 is 0 Å². The van der Waals surface area contributed by atoms with E-state index in [1.165, 1.54) is 18.6 Å². The van der Waals surface area contributed by atoms with E-state index < -0.39 is 16.7 Å². The van der Waals surface area contributed by atoms with Crippen LogP contribution in [0.25, 0.3) is 0 Å². The van der Waals surface area contributed by atoms with E-state index in [9.17, 15) is 24.5 Å². The second-order valence-corrected chi connectivity index (χ2v) is 7.52. The second kappa shape index (κ2) is 6.75. The average molecular weight is 371 g/mol. The lowest BCUT2D eigenvalue weighted by atomic mass is 9.78. The van der Waals surface area contributed by atoms with E-state index >= 15 is 0 Å². The first-order valence-electron chi connectivity index (χ1n) is 9.41. The van der Waals surface area contributed by atoms with Crippen LogP contribution < -0.4 is 0 Å². The van der Waals surface area contributed by atoms with Crippen molar-refractivity contribution in [1.29, 1.82) is 0 Å². The predicted molar refractivity (Wildman–Crippen MR) is 95.2 cm³/mol. The number of carbonyl (C=O) groups is 3. The first-order chi connectivity index (χ1) is 13.0. The van der Waals surface area contributed by atoms with Gasteiger partial charge in [-0.3, -0.25) is 29.4 Å². The molecule has 8 heteroatoms. The molecule has 1 saturated heterocycles. The number of likely N-dealkylation sites (tertiary alicyclic amines) is 1.